The highest BCUT2D eigenvalue weighted by atomic mass is 15.1. The number of nitrogens with one attached hydrogen (secondary N) is 2. The Morgan fingerprint density at radius 3 is 2.82 bits per heavy atom. The minimum atomic E-state index is 0.255. The Morgan fingerprint density at radius 1 is 1.07 bits per heavy atom. The molecule has 5 rings (SSSR count). The summed E-state index contributed by atoms with van der Waals surface area (Å²) in [7, 11) is 0. The maximum absolute atomic E-state index is 9.16. The van der Waals surface area contributed by atoms with E-state index in [1.807, 2.05) is 24.3 Å². The largest absolute Gasteiger partial charge is 0.378 e. The van der Waals surface area contributed by atoms with Crippen molar-refractivity contribution in [1.82, 2.24) is 15.2 Å². The number of fused-ring (bicyclic) bond motifs is 2. The van der Waals surface area contributed by atoms with Gasteiger partial charge >= 0.3 is 0 Å². The van der Waals surface area contributed by atoms with Crippen LogP contribution in [0.25, 0.3) is 22.2 Å². The number of nitrogens with zero attached hydrogens (tertiary/aromatic N) is 3. The first kappa shape index (κ1) is 16.5. The number of anilines is 1. The van der Waals surface area contributed by atoms with Gasteiger partial charge in [0.15, 0.2) is 0 Å². The van der Waals surface area contributed by atoms with E-state index >= 15 is 0 Å². The van der Waals surface area contributed by atoms with E-state index in [1.54, 1.807) is 12.4 Å². The molecule has 1 aliphatic carbocycles. The molecule has 0 aliphatic heterocycles. The van der Waals surface area contributed by atoms with E-state index in [1.165, 1.54) is 11.1 Å². The third-order valence-electron chi connectivity index (χ3n) is 5.44. The van der Waals surface area contributed by atoms with E-state index in [0.29, 0.717) is 0 Å². The molecule has 2 heterocycles. The van der Waals surface area contributed by atoms with Crippen molar-refractivity contribution in [2.75, 3.05) is 5.32 Å². The highest BCUT2D eigenvalue weighted by molar-refractivity contribution is 5.94. The molecular formula is C23H19N5. The molecule has 2 aromatic carbocycles. The maximum Gasteiger partial charge on any atom is 0.100 e. The molecular weight excluding hydrogens is 346 g/mol. The van der Waals surface area contributed by atoms with Crippen LogP contribution in [0.1, 0.15) is 35.6 Å². The summed E-state index contributed by atoms with van der Waals surface area (Å²) in [4.78, 5) is 4.09. The van der Waals surface area contributed by atoms with E-state index in [-0.39, 0.29) is 6.04 Å². The summed E-state index contributed by atoms with van der Waals surface area (Å²) >= 11 is 0. The van der Waals surface area contributed by atoms with E-state index in [2.05, 4.69) is 50.8 Å². The summed E-state index contributed by atoms with van der Waals surface area (Å²) in [5.41, 5.74) is 7.39. The first-order valence-corrected chi connectivity index (χ1v) is 9.50. The normalized spacial score (nSPS) is 15.8. The number of aryl methyl sites for hydroxylation is 1. The predicted molar refractivity (Wildman–Crippen MR) is 110 cm³/mol. The van der Waals surface area contributed by atoms with Crippen molar-refractivity contribution in [3.8, 4) is 17.3 Å². The van der Waals surface area contributed by atoms with Crippen LogP contribution in [0.15, 0.2) is 60.9 Å². The first-order valence-electron chi connectivity index (χ1n) is 9.50. The van der Waals surface area contributed by atoms with Gasteiger partial charge in [0.25, 0.3) is 0 Å². The SMILES string of the molecule is N#Cc1ccc2c(c1)CCCC2Nc1ccc2[nH]nc(-c3ccncc3)c2c1. The average molecular weight is 365 g/mol. The van der Waals surface area contributed by atoms with Gasteiger partial charge in [0.1, 0.15) is 5.69 Å². The van der Waals surface area contributed by atoms with Gasteiger partial charge in [-0.2, -0.15) is 10.4 Å². The van der Waals surface area contributed by atoms with Crippen molar-refractivity contribution < 1.29 is 0 Å². The van der Waals surface area contributed by atoms with Gasteiger partial charge in [-0.05, 0) is 72.9 Å². The van der Waals surface area contributed by atoms with Crippen LogP contribution in [-0.2, 0) is 6.42 Å². The number of hydrogen-bond acceptors (Lipinski definition) is 4. The zero-order valence-corrected chi connectivity index (χ0v) is 15.3. The van der Waals surface area contributed by atoms with Crippen LogP contribution in [0, 0.1) is 11.3 Å². The molecule has 0 fully saturated rings. The fraction of sp³-hybridized carbons (Fsp3) is 0.174. The van der Waals surface area contributed by atoms with Gasteiger partial charge in [-0.3, -0.25) is 10.1 Å². The second-order valence-corrected chi connectivity index (χ2v) is 7.18. The third-order valence-corrected chi connectivity index (χ3v) is 5.44. The van der Waals surface area contributed by atoms with Crippen molar-refractivity contribution in [2.24, 2.45) is 0 Å². The highest BCUT2D eigenvalue weighted by Crippen LogP contribution is 2.35. The Balaban J connectivity index is 1.49. The van der Waals surface area contributed by atoms with E-state index < -0.39 is 0 Å². The summed E-state index contributed by atoms with van der Waals surface area (Å²) in [6.07, 6.45) is 6.81. The quantitative estimate of drug-likeness (QED) is 0.536. The van der Waals surface area contributed by atoms with Crippen molar-refractivity contribution in [2.45, 2.75) is 25.3 Å². The molecule has 136 valence electrons. The third kappa shape index (κ3) is 2.89. The Morgan fingerprint density at radius 2 is 1.96 bits per heavy atom. The van der Waals surface area contributed by atoms with Crippen LogP contribution in [0.5, 0.6) is 0 Å². The van der Waals surface area contributed by atoms with Gasteiger partial charge in [-0.15, -0.1) is 0 Å². The van der Waals surface area contributed by atoms with Crippen LogP contribution in [0.3, 0.4) is 0 Å². The molecule has 0 spiro atoms. The Kier molecular flexibility index (Phi) is 4.02. The lowest BCUT2D eigenvalue weighted by Gasteiger charge is -2.27. The zero-order chi connectivity index (χ0) is 18.9. The lowest BCUT2D eigenvalue weighted by atomic mass is 9.86. The summed E-state index contributed by atoms with van der Waals surface area (Å²) in [5.74, 6) is 0. The van der Waals surface area contributed by atoms with Crippen LogP contribution in [0.2, 0.25) is 0 Å². The van der Waals surface area contributed by atoms with Gasteiger partial charge in [-0.25, -0.2) is 0 Å². The minimum Gasteiger partial charge on any atom is -0.378 e. The van der Waals surface area contributed by atoms with E-state index in [4.69, 9.17) is 5.26 Å². The zero-order valence-electron chi connectivity index (χ0n) is 15.3. The second kappa shape index (κ2) is 6.82. The number of benzene rings is 2. The smallest absolute Gasteiger partial charge is 0.100 e. The highest BCUT2D eigenvalue weighted by Gasteiger charge is 2.20. The summed E-state index contributed by atoms with van der Waals surface area (Å²) in [6.45, 7) is 0. The molecule has 2 N–H and O–H groups in total. The number of rotatable bonds is 3. The molecule has 1 atom stereocenters. The maximum atomic E-state index is 9.16. The fourth-order valence-corrected chi connectivity index (χ4v) is 4.07. The minimum absolute atomic E-state index is 0.255. The van der Waals surface area contributed by atoms with Gasteiger partial charge in [0.2, 0.25) is 0 Å². The Bertz CT molecular complexity index is 1190. The Labute approximate surface area is 163 Å². The number of aromatic amines is 1. The topological polar surface area (TPSA) is 77.4 Å². The Hall–Kier alpha value is -3.65. The van der Waals surface area contributed by atoms with Gasteiger partial charge in [0.05, 0.1) is 23.2 Å². The van der Waals surface area contributed by atoms with E-state index in [0.717, 1.165) is 52.7 Å². The molecule has 2 aromatic heterocycles. The molecule has 0 saturated heterocycles. The number of H-pyrrole nitrogens is 1. The van der Waals surface area contributed by atoms with Gasteiger partial charge < -0.3 is 5.32 Å². The molecule has 0 amide bonds. The average Bonchev–Trinajstić information content (AvgIpc) is 3.17. The van der Waals surface area contributed by atoms with Crippen LogP contribution < -0.4 is 5.32 Å². The van der Waals surface area contributed by atoms with Crippen LogP contribution >= 0.6 is 0 Å². The number of pyridine rings is 1. The monoisotopic (exact) mass is 365 g/mol. The standard InChI is InChI=1S/C23H19N5/c24-14-15-4-6-19-17(12-15)2-1-3-21(19)26-18-5-7-22-20(13-18)23(28-27-22)16-8-10-25-11-9-16/h4-13,21,26H,1-3H2,(H,27,28). The van der Waals surface area contributed by atoms with Crippen LogP contribution in [0.4, 0.5) is 5.69 Å². The summed E-state index contributed by atoms with van der Waals surface area (Å²) < 4.78 is 0. The molecule has 28 heavy (non-hydrogen) atoms. The summed E-state index contributed by atoms with van der Waals surface area (Å²) in [5, 5.41) is 21.6. The van der Waals surface area contributed by atoms with Crippen molar-refractivity contribution in [3.63, 3.8) is 0 Å². The first-order chi connectivity index (χ1) is 13.8. The van der Waals surface area contributed by atoms with Gasteiger partial charge in [0, 0.05) is 29.0 Å². The molecule has 0 bridgehead atoms. The lowest BCUT2D eigenvalue weighted by Crippen LogP contribution is -2.17. The van der Waals surface area contributed by atoms with E-state index in [9.17, 15) is 0 Å². The molecule has 4 aromatic rings. The molecule has 5 nitrogen and oxygen atoms in total. The predicted octanol–water partition coefficient (Wildman–Crippen LogP) is 4.99. The van der Waals surface area contributed by atoms with Crippen molar-refractivity contribution in [3.05, 3.63) is 77.6 Å². The molecule has 0 radical (unpaired) electrons. The molecule has 5 heteroatoms. The van der Waals surface area contributed by atoms with Crippen molar-refractivity contribution in [1.29, 1.82) is 5.26 Å². The lowest BCUT2D eigenvalue weighted by molar-refractivity contribution is 0.600. The fourth-order valence-electron chi connectivity index (χ4n) is 4.07. The van der Waals surface area contributed by atoms with Crippen molar-refractivity contribution >= 4 is 16.6 Å². The molecule has 1 unspecified atom stereocenters. The molecule has 1 aliphatic rings. The number of nitriles is 1. The summed E-state index contributed by atoms with van der Waals surface area (Å²) in [6, 6.07) is 18.8. The number of hydrogen-bond donors (Lipinski definition) is 2. The second-order valence-electron chi connectivity index (χ2n) is 7.18. The van der Waals surface area contributed by atoms with Crippen LogP contribution in [-0.4, -0.2) is 15.2 Å². The molecule has 0 saturated carbocycles. The van der Waals surface area contributed by atoms with Gasteiger partial charge in [-0.1, -0.05) is 6.07 Å². The number of aromatic nitrogens is 3.